The number of likely N-dealkylation sites (tertiary alicyclic amines) is 2. The van der Waals surface area contributed by atoms with E-state index >= 15 is 0 Å². The van der Waals surface area contributed by atoms with Crippen LogP contribution in [0.15, 0.2) is 0 Å². The normalized spacial score (nSPS) is 19.9. The molecule has 6 heteroatoms. The lowest BCUT2D eigenvalue weighted by Gasteiger charge is -2.51. The lowest BCUT2D eigenvalue weighted by Crippen LogP contribution is -2.83. The molecule has 2 aliphatic heterocycles. The van der Waals surface area contributed by atoms with Crippen LogP contribution in [0.2, 0.25) is 0 Å². The molecule has 2 fully saturated rings. The van der Waals surface area contributed by atoms with Gasteiger partial charge in [0.25, 0.3) is 29.0 Å². The van der Waals surface area contributed by atoms with Gasteiger partial charge in [-0.3, -0.25) is 29.0 Å². The van der Waals surface area contributed by atoms with Gasteiger partial charge in [0.2, 0.25) is 0 Å². The molecule has 2 heterocycles. The largest absolute Gasteiger partial charge is 0.284 e. The van der Waals surface area contributed by atoms with Gasteiger partial charge >= 0.3 is 0 Å². The molecular formula is C11H20N2O4. The third kappa shape index (κ3) is 1.33. The SMILES string of the molecule is C.C.C.CCN1C(=O)C2(C(=O)N(C)C2=O)C1=O. The molecule has 0 N–H and O–H groups in total. The molecule has 2 saturated heterocycles. The molecule has 0 saturated carbocycles. The van der Waals surface area contributed by atoms with Gasteiger partial charge in [0.05, 0.1) is 0 Å². The molecule has 17 heavy (non-hydrogen) atoms. The number of carbonyl (C=O) groups excluding carboxylic acids is 4. The Labute approximate surface area is 102 Å². The average molecular weight is 244 g/mol. The Kier molecular flexibility index (Phi) is 4.83. The molecule has 2 rings (SSSR count). The van der Waals surface area contributed by atoms with Crippen LogP contribution < -0.4 is 0 Å². The number of rotatable bonds is 1. The topological polar surface area (TPSA) is 74.8 Å². The van der Waals surface area contributed by atoms with E-state index in [4.69, 9.17) is 0 Å². The minimum absolute atomic E-state index is 0. The first-order valence-corrected chi connectivity index (χ1v) is 4.18. The minimum atomic E-state index is -1.98. The average Bonchev–Trinajstić information content (AvgIpc) is 2.18. The molecule has 98 valence electrons. The Morgan fingerprint density at radius 2 is 1.24 bits per heavy atom. The van der Waals surface area contributed by atoms with Crippen LogP contribution in [0.25, 0.3) is 0 Å². The molecule has 0 aromatic heterocycles. The van der Waals surface area contributed by atoms with Crippen molar-refractivity contribution in [1.29, 1.82) is 0 Å². The van der Waals surface area contributed by atoms with Crippen molar-refractivity contribution in [1.82, 2.24) is 9.80 Å². The van der Waals surface area contributed by atoms with E-state index in [2.05, 4.69) is 0 Å². The Morgan fingerprint density at radius 3 is 1.53 bits per heavy atom. The van der Waals surface area contributed by atoms with E-state index in [1.807, 2.05) is 0 Å². The summed E-state index contributed by atoms with van der Waals surface area (Å²) in [6, 6.07) is 0. The molecule has 0 aliphatic carbocycles. The molecule has 0 bridgehead atoms. The van der Waals surface area contributed by atoms with Gasteiger partial charge in [0.1, 0.15) is 0 Å². The summed E-state index contributed by atoms with van der Waals surface area (Å²) in [6.07, 6.45) is 0. The molecule has 0 unspecified atom stereocenters. The molecule has 0 aromatic rings. The van der Waals surface area contributed by atoms with E-state index in [1.54, 1.807) is 6.92 Å². The highest BCUT2D eigenvalue weighted by atomic mass is 16.2. The number of β-lactam (4-membered cyclic amide) rings is 4. The van der Waals surface area contributed by atoms with Crippen LogP contribution >= 0.6 is 0 Å². The first-order chi connectivity index (χ1) is 6.49. The zero-order valence-electron chi connectivity index (χ0n) is 7.73. The van der Waals surface area contributed by atoms with E-state index in [9.17, 15) is 19.2 Å². The molecular weight excluding hydrogens is 224 g/mol. The summed E-state index contributed by atoms with van der Waals surface area (Å²) in [6.45, 7) is 1.81. The maximum atomic E-state index is 11.4. The molecule has 1 spiro atoms. The molecule has 6 nitrogen and oxygen atoms in total. The molecule has 0 radical (unpaired) electrons. The Morgan fingerprint density at radius 1 is 0.882 bits per heavy atom. The van der Waals surface area contributed by atoms with Crippen molar-refractivity contribution in [3.63, 3.8) is 0 Å². The number of carbonyl (C=O) groups is 4. The van der Waals surface area contributed by atoms with Crippen LogP contribution in [0.1, 0.15) is 29.2 Å². The van der Waals surface area contributed by atoms with E-state index < -0.39 is 29.0 Å². The lowest BCUT2D eigenvalue weighted by molar-refractivity contribution is -0.198. The first-order valence-electron chi connectivity index (χ1n) is 4.18. The van der Waals surface area contributed by atoms with Crippen LogP contribution in [0.4, 0.5) is 0 Å². The van der Waals surface area contributed by atoms with Gasteiger partial charge in [-0.1, -0.05) is 22.3 Å². The zero-order valence-corrected chi connectivity index (χ0v) is 7.73. The van der Waals surface area contributed by atoms with Crippen molar-refractivity contribution in [3.05, 3.63) is 0 Å². The monoisotopic (exact) mass is 244 g/mol. The predicted molar refractivity (Wildman–Crippen MR) is 62.8 cm³/mol. The smallest absolute Gasteiger partial charge is 0.282 e. The van der Waals surface area contributed by atoms with Gasteiger partial charge in [-0.05, 0) is 6.92 Å². The maximum Gasteiger partial charge on any atom is 0.284 e. The van der Waals surface area contributed by atoms with Crippen molar-refractivity contribution < 1.29 is 19.2 Å². The minimum Gasteiger partial charge on any atom is -0.282 e. The second kappa shape index (κ2) is 4.65. The Hall–Kier alpha value is -1.72. The fourth-order valence-corrected chi connectivity index (χ4v) is 1.82. The summed E-state index contributed by atoms with van der Waals surface area (Å²) < 4.78 is 0. The van der Waals surface area contributed by atoms with Crippen LogP contribution in [0.5, 0.6) is 0 Å². The summed E-state index contributed by atoms with van der Waals surface area (Å²) in [5.74, 6) is -2.78. The van der Waals surface area contributed by atoms with Crippen molar-refractivity contribution in [2.24, 2.45) is 5.41 Å². The van der Waals surface area contributed by atoms with Crippen LogP contribution in [0, 0.1) is 5.41 Å². The van der Waals surface area contributed by atoms with Crippen molar-refractivity contribution in [3.8, 4) is 0 Å². The summed E-state index contributed by atoms with van der Waals surface area (Å²) in [5.41, 5.74) is -1.98. The highest BCUT2D eigenvalue weighted by Gasteiger charge is 2.79. The summed E-state index contributed by atoms with van der Waals surface area (Å²) in [5, 5.41) is 0. The third-order valence-corrected chi connectivity index (χ3v) is 2.70. The fourth-order valence-electron chi connectivity index (χ4n) is 1.82. The summed E-state index contributed by atoms with van der Waals surface area (Å²) in [7, 11) is 1.26. The predicted octanol–water partition coefficient (Wildman–Crippen LogP) is 0.268. The Balaban J connectivity index is 0. The van der Waals surface area contributed by atoms with Gasteiger partial charge in [-0.25, -0.2) is 0 Å². The number of nitrogens with zero attached hydrogens (tertiary/aromatic N) is 2. The van der Waals surface area contributed by atoms with Crippen LogP contribution in [-0.4, -0.2) is 47.0 Å². The highest BCUT2D eigenvalue weighted by molar-refractivity contribution is 6.52. The number of amides is 4. The van der Waals surface area contributed by atoms with Gasteiger partial charge in [0, 0.05) is 13.6 Å². The van der Waals surface area contributed by atoms with Crippen molar-refractivity contribution >= 4 is 23.6 Å². The second-order valence-corrected chi connectivity index (χ2v) is 3.27. The van der Waals surface area contributed by atoms with E-state index in [0.717, 1.165) is 9.80 Å². The van der Waals surface area contributed by atoms with Gasteiger partial charge in [0.15, 0.2) is 0 Å². The number of hydrogen-bond acceptors (Lipinski definition) is 4. The van der Waals surface area contributed by atoms with Gasteiger partial charge in [-0.15, -0.1) is 0 Å². The quantitative estimate of drug-likeness (QED) is 0.490. The zero-order chi connectivity index (χ0) is 10.7. The first kappa shape index (κ1) is 17.7. The molecule has 4 amide bonds. The van der Waals surface area contributed by atoms with E-state index in [-0.39, 0.29) is 28.8 Å². The maximum absolute atomic E-state index is 11.4. The summed E-state index contributed by atoms with van der Waals surface area (Å²) >= 11 is 0. The lowest BCUT2D eigenvalue weighted by atomic mass is 9.69. The van der Waals surface area contributed by atoms with Crippen molar-refractivity contribution in [2.75, 3.05) is 13.6 Å². The number of imide groups is 2. The fraction of sp³-hybridized carbons (Fsp3) is 0.636. The van der Waals surface area contributed by atoms with Gasteiger partial charge < -0.3 is 0 Å². The highest BCUT2D eigenvalue weighted by Crippen LogP contribution is 2.43. The van der Waals surface area contributed by atoms with Crippen LogP contribution in [-0.2, 0) is 19.2 Å². The van der Waals surface area contributed by atoms with E-state index in [0.29, 0.717) is 0 Å². The van der Waals surface area contributed by atoms with Crippen molar-refractivity contribution in [2.45, 2.75) is 29.2 Å². The summed E-state index contributed by atoms with van der Waals surface area (Å²) in [4.78, 5) is 47.1. The molecule has 0 aromatic carbocycles. The Bertz CT molecular complexity index is 355. The van der Waals surface area contributed by atoms with Crippen LogP contribution in [0.3, 0.4) is 0 Å². The number of hydrogen-bond donors (Lipinski definition) is 0. The third-order valence-electron chi connectivity index (χ3n) is 2.70. The standard InChI is InChI=1S/C8H8N2O4.3CH4/c1-3-10-6(13)8(7(10)14)4(11)9(2)5(8)12;;;/h3H2,1-2H3;3*1H4. The second-order valence-electron chi connectivity index (χ2n) is 3.27. The molecule has 0 atom stereocenters. The van der Waals surface area contributed by atoms with E-state index in [1.165, 1.54) is 7.05 Å². The molecule has 2 aliphatic rings. The van der Waals surface area contributed by atoms with Gasteiger partial charge in [-0.2, -0.15) is 0 Å².